The maximum atomic E-state index is 10.3. The van der Waals surface area contributed by atoms with Crippen LogP contribution in [-0.4, -0.2) is 19.5 Å². The van der Waals surface area contributed by atoms with Gasteiger partial charge in [0.1, 0.15) is 0 Å². The van der Waals surface area contributed by atoms with E-state index in [4.69, 9.17) is 0 Å². The summed E-state index contributed by atoms with van der Waals surface area (Å²) in [6.07, 6.45) is 21.7. The first kappa shape index (κ1) is 25.8. The fourth-order valence-electron chi connectivity index (χ4n) is 2.57. The van der Waals surface area contributed by atoms with Crippen LogP contribution < -0.4 is 10.9 Å². The van der Waals surface area contributed by atoms with Crippen molar-refractivity contribution in [3.63, 3.8) is 0 Å². The Kier molecular flexibility index (Phi) is 20.3. The predicted octanol–water partition coefficient (Wildman–Crippen LogP) is 5.45. The lowest BCUT2D eigenvalue weighted by Gasteiger charge is -2.08. The van der Waals surface area contributed by atoms with Gasteiger partial charge in [-0.1, -0.05) is 76.9 Å². The highest BCUT2D eigenvalue weighted by Gasteiger charge is 1.94. The van der Waals surface area contributed by atoms with Crippen molar-refractivity contribution >= 4 is 10.3 Å². The van der Waals surface area contributed by atoms with Crippen LogP contribution in [0, 0.1) is 0 Å². The summed E-state index contributed by atoms with van der Waals surface area (Å²) in [6.45, 7) is 2.52. The minimum atomic E-state index is -4.25. The highest BCUT2D eigenvalue weighted by Crippen LogP contribution is 2.09. The second-order valence-corrected chi connectivity index (χ2v) is 7.48. The van der Waals surface area contributed by atoms with Gasteiger partial charge in [-0.25, -0.2) is 13.1 Å². The van der Waals surface area contributed by atoms with Crippen molar-refractivity contribution in [1.29, 1.82) is 0 Å². The van der Waals surface area contributed by atoms with Crippen molar-refractivity contribution < 1.29 is 13.0 Å². The van der Waals surface area contributed by atoms with E-state index in [9.17, 15) is 13.0 Å². The number of rotatable bonds is 17. The van der Waals surface area contributed by atoms with Crippen molar-refractivity contribution in [3.05, 3.63) is 12.2 Å². The summed E-state index contributed by atoms with van der Waals surface area (Å²) in [4.78, 5) is 0. The van der Waals surface area contributed by atoms with Crippen LogP contribution in [0.5, 0.6) is 0 Å². The SMILES string of the molecule is CCCCCCCC/C=C\CCCCCCCCNS(=O)(=O)[O-].[NH4+]. The molecule has 0 heterocycles. The van der Waals surface area contributed by atoms with Gasteiger partial charge in [0.25, 0.3) is 0 Å². The molecule has 0 radical (unpaired) electrons. The monoisotopic (exact) mass is 364 g/mol. The Morgan fingerprint density at radius 3 is 1.62 bits per heavy atom. The highest BCUT2D eigenvalue weighted by molar-refractivity contribution is 7.83. The van der Waals surface area contributed by atoms with Crippen LogP contribution in [0.1, 0.15) is 96.8 Å². The smallest absolute Gasteiger partial charge is 0.159 e. The molecule has 146 valence electrons. The lowest BCUT2D eigenvalue weighted by molar-refractivity contribution is 0.446. The third-order valence-electron chi connectivity index (χ3n) is 3.97. The van der Waals surface area contributed by atoms with Crippen LogP contribution in [0.3, 0.4) is 0 Å². The number of nitrogens with one attached hydrogen (secondary N) is 1. The Hall–Kier alpha value is -0.430. The van der Waals surface area contributed by atoms with Crippen molar-refractivity contribution in [2.45, 2.75) is 96.8 Å². The quantitative estimate of drug-likeness (QED) is 0.203. The van der Waals surface area contributed by atoms with Crippen LogP contribution in [0.4, 0.5) is 0 Å². The van der Waals surface area contributed by atoms with E-state index in [2.05, 4.69) is 19.1 Å². The maximum absolute atomic E-state index is 10.3. The Labute approximate surface area is 150 Å². The number of hydrogen-bond acceptors (Lipinski definition) is 3. The first-order valence-electron chi connectivity index (χ1n) is 9.41. The molecule has 0 aliphatic heterocycles. The van der Waals surface area contributed by atoms with Gasteiger partial charge in [-0.05, 0) is 32.1 Å². The van der Waals surface area contributed by atoms with Crippen LogP contribution in [0.2, 0.25) is 0 Å². The molecule has 0 spiro atoms. The lowest BCUT2D eigenvalue weighted by atomic mass is 10.1. The van der Waals surface area contributed by atoms with Crippen molar-refractivity contribution in [1.82, 2.24) is 10.9 Å². The molecule has 24 heavy (non-hydrogen) atoms. The van der Waals surface area contributed by atoms with Crippen LogP contribution in [0.25, 0.3) is 0 Å². The molecule has 0 aromatic carbocycles. The van der Waals surface area contributed by atoms with Gasteiger partial charge in [-0.2, -0.15) is 0 Å². The fraction of sp³-hybridized carbons (Fsp3) is 0.889. The summed E-state index contributed by atoms with van der Waals surface area (Å²) < 4.78 is 32.9. The first-order chi connectivity index (χ1) is 11.1. The van der Waals surface area contributed by atoms with Gasteiger partial charge in [0.15, 0.2) is 10.3 Å². The zero-order valence-corrected chi connectivity index (χ0v) is 16.7. The summed E-state index contributed by atoms with van der Waals surface area (Å²) in [5.74, 6) is 0. The molecule has 6 heteroatoms. The van der Waals surface area contributed by atoms with Gasteiger partial charge >= 0.3 is 0 Å². The number of hydrogen-bond donors (Lipinski definition) is 2. The van der Waals surface area contributed by atoms with Gasteiger partial charge < -0.3 is 10.7 Å². The molecule has 5 nitrogen and oxygen atoms in total. The van der Waals surface area contributed by atoms with E-state index in [-0.39, 0.29) is 12.7 Å². The van der Waals surface area contributed by atoms with Gasteiger partial charge in [0.2, 0.25) is 0 Å². The van der Waals surface area contributed by atoms with Gasteiger partial charge in [-0.3, -0.25) is 0 Å². The Morgan fingerprint density at radius 1 is 0.750 bits per heavy atom. The van der Waals surface area contributed by atoms with Gasteiger partial charge in [0, 0.05) is 6.54 Å². The van der Waals surface area contributed by atoms with E-state index in [0.29, 0.717) is 0 Å². The second-order valence-electron chi connectivity index (χ2n) is 6.29. The average molecular weight is 365 g/mol. The van der Waals surface area contributed by atoms with Crippen molar-refractivity contribution in [2.75, 3.05) is 6.54 Å². The molecule has 0 atom stereocenters. The van der Waals surface area contributed by atoms with E-state index >= 15 is 0 Å². The van der Waals surface area contributed by atoms with E-state index in [1.165, 1.54) is 70.6 Å². The average Bonchev–Trinajstić information content (AvgIpc) is 2.49. The number of quaternary nitrogens is 1. The predicted molar refractivity (Wildman–Crippen MR) is 103 cm³/mol. The standard InChI is InChI=1S/C18H37NO3S.H3N/c1-2-3-4-5-6-7-8-9-10-11-12-13-14-15-16-17-18-19-23(20,21)22;/h9-10,19H,2-8,11-18H2,1H3,(H,20,21,22);1H3/b10-9-;. The zero-order chi connectivity index (χ0) is 17.2. The van der Waals surface area contributed by atoms with Gasteiger partial charge in [0.05, 0.1) is 0 Å². The second kappa shape index (κ2) is 18.9. The van der Waals surface area contributed by atoms with Gasteiger partial charge in [-0.15, -0.1) is 0 Å². The van der Waals surface area contributed by atoms with E-state index in [1.807, 2.05) is 4.72 Å². The molecule has 0 bridgehead atoms. The molecule has 0 aromatic heterocycles. The minimum Gasteiger partial charge on any atom is -0.735 e. The molecular weight excluding hydrogens is 324 g/mol. The highest BCUT2D eigenvalue weighted by atomic mass is 32.2. The summed E-state index contributed by atoms with van der Waals surface area (Å²) >= 11 is 0. The molecule has 0 aliphatic carbocycles. The van der Waals surface area contributed by atoms with E-state index in [0.717, 1.165) is 19.3 Å². The third-order valence-corrected chi connectivity index (χ3v) is 4.53. The molecule has 0 unspecified atom stereocenters. The largest absolute Gasteiger partial charge is 0.735 e. The van der Waals surface area contributed by atoms with E-state index in [1.54, 1.807) is 0 Å². The fourth-order valence-corrected chi connectivity index (χ4v) is 2.96. The molecule has 0 aromatic rings. The molecule has 0 saturated carbocycles. The lowest BCUT2D eigenvalue weighted by Crippen LogP contribution is -2.23. The van der Waals surface area contributed by atoms with Crippen molar-refractivity contribution in [3.8, 4) is 0 Å². The number of allylic oxidation sites excluding steroid dienone is 2. The zero-order valence-electron chi connectivity index (χ0n) is 15.9. The molecule has 0 fully saturated rings. The maximum Gasteiger partial charge on any atom is 0.159 e. The normalized spacial score (nSPS) is 11.8. The molecule has 0 rings (SSSR count). The van der Waals surface area contributed by atoms with Crippen molar-refractivity contribution in [2.24, 2.45) is 0 Å². The van der Waals surface area contributed by atoms with Crippen LogP contribution in [0.15, 0.2) is 12.2 Å². The van der Waals surface area contributed by atoms with E-state index < -0.39 is 10.3 Å². The molecule has 0 saturated heterocycles. The Morgan fingerprint density at radius 2 is 1.17 bits per heavy atom. The van der Waals surface area contributed by atoms with Crippen LogP contribution in [-0.2, 0) is 10.3 Å². The Balaban J connectivity index is 0. The summed E-state index contributed by atoms with van der Waals surface area (Å²) in [6, 6.07) is 0. The minimum absolute atomic E-state index is 0. The summed E-state index contributed by atoms with van der Waals surface area (Å²) in [5.41, 5.74) is 0. The molecule has 0 aliphatic rings. The molecule has 0 amide bonds. The number of unbranched alkanes of at least 4 members (excludes halogenated alkanes) is 12. The Bertz CT molecular complexity index is 370. The third kappa shape index (κ3) is 23.8. The molecular formula is C18H40N2O3S. The summed E-state index contributed by atoms with van der Waals surface area (Å²) in [7, 11) is -4.25. The van der Waals surface area contributed by atoms with Crippen LogP contribution >= 0.6 is 0 Å². The molecule has 5 N–H and O–H groups in total. The first-order valence-corrected chi connectivity index (χ1v) is 10.8. The topological polar surface area (TPSA) is 106 Å². The summed E-state index contributed by atoms with van der Waals surface area (Å²) in [5, 5.41) is 0.